The van der Waals surface area contributed by atoms with Crippen LogP contribution in [0.2, 0.25) is 0 Å². The Balaban J connectivity index is 0. The summed E-state index contributed by atoms with van der Waals surface area (Å²) in [6.45, 7) is 11.8. The molecular formula is C20H40OS. The topological polar surface area (TPSA) is 20.2 Å². The van der Waals surface area contributed by atoms with E-state index in [-0.39, 0.29) is 20.1 Å². The molecule has 22 heavy (non-hydrogen) atoms. The van der Waals surface area contributed by atoms with Gasteiger partial charge in [0.15, 0.2) is 0 Å². The highest BCUT2D eigenvalue weighted by Crippen LogP contribution is 2.21. The molecule has 0 unspecified atom stereocenters. The summed E-state index contributed by atoms with van der Waals surface area (Å²) < 4.78 is 0. The minimum atomic E-state index is 0. The molecule has 0 bridgehead atoms. The summed E-state index contributed by atoms with van der Waals surface area (Å²) in [5, 5.41) is 8.83. The largest absolute Gasteiger partial charge is 0.392 e. The van der Waals surface area contributed by atoms with Crippen molar-refractivity contribution in [2.45, 2.75) is 92.4 Å². The second kappa shape index (κ2) is 15.9. The molecule has 0 aromatic carbocycles. The minimum absolute atomic E-state index is 0. The van der Waals surface area contributed by atoms with E-state index in [4.69, 9.17) is 5.11 Å². The van der Waals surface area contributed by atoms with Crippen LogP contribution in [0.3, 0.4) is 0 Å². The van der Waals surface area contributed by atoms with Crippen molar-refractivity contribution in [1.82, 2.24) is 0 Å². The van der Waals surface area contributed by atoms with E-state index in [2.05, 4.69) is 34.6 Å². The van der Waals surface area contributed by atoms with Crippen molar-refractivity contribution >= 4 is 13.5 Å². The Hall–Kier alpha value is 0.0500. The number of allylic oxidation sites excluding steroid dienone is 1. The van der Waals surface area contributed by atoms with E-state index in [9.17, 15) is 0 Å². The van der Waals surface area contributed by atoms with Crippen LogP contribution in [0.25, 0.3) is 0 Å². The van der Waals surface area contributed by atoms with Crippen LogP contribution in [0.15, 0.2) is 11.6 Å². The minimum Gasteiger partial charge on any atom is -0.392 e. The van der Waals surface area contributed by atoms with Crippen LogP contribution in [0, 0.1) is 17.8 Å². The van der Waals surface area contributed by atoms with Crippen molar-refractivity contribution in [1.29, 1.82) is 0 Å². The highest BCUT2D eigenvalue weighted by Gasteiger charge is 2.06. The lowest BCUT2D eigenvalue weighted by Gasteiger charge is -2.15. The van der Waals surface area contributed by atoms with Crippen molar-refractivity contribution in [2.75, 3.05) is 6.61 Å². The summed E-state index contributed by atoms with van der Waals surface area (Å²) >= 11 is 0. The van der Waals surface area contributed by atoms with Crippen LogP contribution in [-0.2, 0) is 0 Å². The van der Waals surface area contributed by atoms with Gasteiger partial charge in [0, 0.05) is 13.5 Å². The van der Waals surface area contributed by atoms with Crippen LogP contribution in [-0.4, -0.2) is 11.7 Å². The molecule has 2 heteroatoms. The maximum Gasteiger partial charge on any atom is 0.0614 e. The summed E-state index contributed by atoms with van der Waals surface area (Å²) in [4.78, 5) is 0. The highest BCUT2D eigenvalue weighted by atomic mass is 32.1. The summed E-state index contributed by atoms with van der Waals surface area (Å²) in [7, 11) is 0. The molecule has 0 fully saturated rings. The fourth-order valence-corrected chi connectivity index (χ4v) is 2.97. The maximum absolute atomic E-state index is 8.83. The van der Waals surface area contributed by atoms with E-state index in [0.717, 1.165) is 24.2 Å². The van der Waals surface area contributed by atoms with Gasteiger partial charge in [-0.1, -0.05) is 84.3 Å². The van der Waals surface area contributed by atoms with Gasteiger partial charge in [0.1, 0.15) is 0 Å². The lowest BCUT2D eigenvalue weighted by Crippen LogP contribution is -2.00. The van der Waals surface area contributed by atoms with Gasteiger partial charge in [-0.15, -0.1) is 0 Å². The smallest absolute Gasteiger partial charge is 0.0614 e. The number of aliphatic hydroxyl groups excluding tert-OH is 1. The van der Waals surface area contributed by atoms with Crippen LogP contribution >= 0.6 is 13.5 Å². The van der Waals surface area contributed by atoms with Crippen molar-refractivity contribution in [2.24, 2.45) is 17.8 Å². The first-order chi connectivity index (χ1) is 9.95. The third-order valence-corrected chi connectivity index (χ3v) is 4.58. The van der Waals surface area contributed by atoms with Crippen molar-refractivity contribution in [3.05, 3.63) is 11.6 Å². The molecule has 0 aromatic rings. The summed E-state index contributed by atoms with van der Waals surface area (Å²) in [6.07, 6.45) is 14.1. The highest BCUT2D eigenvalue weighted by molar-refractivity contribution is 7.59. The summed E-state index contributed by atoms with van der Waals surface area (Å²) in [5.74, 6) is 2.63. The zero-order chi connectivity index (χ0) is 16.1. The molecule has 2 atom stereocenters. The molecule has 132 valence electrons. The SMILES string of the molecule is C/C(=C\CO)CCC[C@H](C)CCC[C@H](C)CCCC(C)C.[S]. The molecule has 0 heterocycles. The third-order valence-electron chi connectivity index (χ3n) is 4.58. The van der Waals surface area contributed by atoms with E-state index in [0.29, 0.717) is 0 Å². The second-order valence-electron chi connectivity index (χ2n) is 7.59. The van der Waals surface area contributed by atoms with Crippen molar-refractivity contribution < 1.29 is 5.11 Å². The Morgan fingerprint density at radius 3 is 1.73 bits per heavy atom. The molecule has 1 N–H and O–H groups in total. The summed E-state index contributed by atoms with van der Waals surface area (Å²) in [6, 6.07) is 0. The lowest BCUT2D eigenvalue weighted by atomic mass is 9.91. The molecule has 0 aliphatic heterocycles. The maximum atomic E-state index is 8.83. The van der Waals surface area contributed by atoms with Gasteiger partial charge in [-0.3, -0.25) is 0 Å². The number of hydrogen-bond acceptors (Lipinski definition) is 1. The fourth-order valence-electron chi connectivity index (χ4n) is 2.97. The number of hydrogen-bond donors (Lipinski definition) is 1. The standard InChI is InChI=1S/C20H40O.S/c1-17(2)9-6-10-18(3)11-7-12-19(4)13-8-14-20(5)15-16-21;/h15,17-19,21H,6-14,16H2,1-5H3;/b20-15+;/t18-,19-;/m1./s1. The van der Waals surface area contributed by atoms with E-state index in [1.165, 1.54) is 56.9 Å². The van der Waals surface area contributed by atoms with Crippen LogP contribution in [0.1, 0.15) is 92.4 Å². The Kier molecular flexibility index (Phi) is 17.6. The molecule has 0 aliphatic carbocycles. The molecule has 0 aromatic heterocycles. The molecule has 0 aliphatic rings. The van der Waals surface area contributed by atoms with E-state index in [1.807, 2.05) is 6.08 Å². The van der Waals surface area contributed by atoms with Crippen molar-refractivity contribution in [3.8, 4) is 0 Å². The van der Waals surface area contributed by atoms with Gasteiger partial charge in [0.05, 0.1) is 6.61 Å². The average molecular weight is 329 g/mol. The Bertz CT molecular complexity index is 260. The van der Waals surface area contributed by atoms with Crippen LogP contribution in [0.5, 0.6) is 0 Å². The van der Waals surface area contributed by atoms with Gasteiger partial charge >= 0.3 is 0 Å². The number of rotatable bonds is 13. The van der Waals surface area contributed by atoms with Gasteiger partial charge in [-0.25, -0.2) is 0 Å². The van der Waals surface area contributed by atoms with E-state index < -0.39 is 0 Å². The van der Waals surface area contributed by atoms with Crippen LogP contribution in [0.4, 0.5) is 0 Å². The first kappa shape index (κ1) is 24.3. The lowest BCUT2D eigenvalue weighted by molar-refractivity contribution is 0.341. The van der Waals surface area contributed by atoms with Gasteiger partial charge in [-0.05, 0) is 37.5 Å². The summed E-state index contributed by atoms with van der Waals surface area (Å²) in [5.41, 5.74) is 1.34. The van der Waals surface area contributed by atoms with Gasteiger partial charge in [-0.2, -0.15) is 0 Å². The third kappa shape index (κ3) is 16.4. The Morgan fingerprint density at radius 2 is 1.27 bits per heavy atom. The quantitative estimate of drug-likeness (QED) is 0.360. The predicted molar refractivity (Wildman–Crippen MR) is 103 cm³/mol. The normalized spacial score (nSPS) is 14.8. The van der Waals surface area contributed by atoms with Gasteiger partial charge < -0.3 is 5.11 Å². The average Bonchev–Trinajstić information content (AvgIpc) is 2.38. The van der Waals surface area contributed by atoms with Gasteiger partial charge in [0.2, 0.25) is 0 Å². The molecule has 0 saturated carbocycles. The second-order valence-corrected chi connectivity index (χ2v) is 7.59. The van der Waals surface area contributed by atoms with Gasteiger partial charge in [0.25, 0.3) is 0 Å². The Labute approximate surface area is 147 Å². The van der Waals surface area contributed by atoms with Crippen LogP contribution < -0.4 is 0 Å². The molecular weight excluding hydrogens is 288 g/mol. The monoisotopic (exact) mass is 328 g/mol. The molecule has 1 nitrogen and oxygen atoms in total. The first-order valence-corrected chi connectivity index (χ1v) is 9.22. The number of aliphatic hydroxyl groups is 1. The zero-order valence-electron chi connectivity index (χ0n) is 15.7. The van der Waals surface area contributed by atoms with E-state index in [1.54, 1.807) is 0 Å². The van der Waals surface area contributed by atoms with E-state index >= 15 is 0 Å². The molecule has 2 radical (unpaired) electrons. The molecule has 0 spiro atoms. The Morgan fingerprint density at radius 1 is 0.818 bits per heavy atom. The molecule has 0 rings (SSSR count). The molecule has 0 saturated heterocycles. The zero-order valence-corrected chi connectivity index (χ0v) is 16.6. The van der Waals surface area contributed by atoms with Crippen molar-refractivity contribution in [3.63, 3.8) is 0 Å². The molecule has 0 amide bonds. The predicted octanol–water partition coefficient (Wildman–Crippen LogP) is 7.01. The first-order valence-electron chi connectivity index (χ1n) is 9.22. The fraction of sp³-hybridized carbons (Fsp3) is 0.900.